The highest BCUT2D eigenvalue weighted by Gasteiger charge is 2.24. The van der Waals surface area contributed by atoms with Gasteiger partial charge in [-0.25, -0.2) is 12.8 Å². The van der Waals surface area contributed by atoms with E-state index >= 15 is 4.39 Å². The number of likely N-dealkylation sites (N-methyl/N-ethyl adjacent to an activating group) is 1. The van der Waals surface area contributed by atoms with Gasteiger partial charge in [0.2, 0.25) is 0 Å². The summed E-state index contributed by atoms with van der Waals surface area (Å²) in [5.41, 5.74) is 2.75. The van der Waals surface area contributed by atoms with Crippen LogP contribution in [0.15, 0.2) is 41.3 Å². The minimum atomic E-state index is -3.67. The molecule has 0 aliphatic carbocycles. The third-order valence-electron chi connectivity index (χ3n) is 5.04. The monoisotopic (exact) mass is 376 g/mol. The third kappa shape index (κ3) is 3.76. The Bertz CT molecular complexity index is 904. The van der Waals surface area contributed by atoms with Crippen molar-refractivity contribution in [2.75, 3.05) is 43.9 Å². The Kier molecular flexibility index (Phi) is 5.34. The number of benzene rings is 2. The fourth-order valence-electron chi connectivity index (χ4n) is 3.43. The van der Waals surface area contributed by atoms with E-state index < -0.39 is 15.7 Å². The number of rotatable bonds is 4. The normalized spacial score (nSPS) is 16.1. The second-order valence-electron chi connectivity index (χ2n) is 6.81. The first kappa shape index (κ1) is 18.9. The quantitative estimate of drug-likeness (QED) is 0.821. The molecule has 0 bridgehead atoms. The van der Waals surface area contributed by atoms with E-state index in [9.17, 15) is 8.42 Å². The number of hydrogen-bond acceptors (Lipinski definition) is 4. The Hall–Kier alpha value is -1.92. The molecule has 3 rings (SSSR count). The van der Waals surface area contributed by atoms with Crippen LogP contribution in [0.25, 0.3) is 11.1 Å². The highest BCUT2D eigenvalue weighted by atomic mass is 32.2. The summed E-state index contributed by atoms with van der Waals surface area (Å²) >= 11 is 0. The van der Waals surface area contributed by atoms with Crippen molar-refractivity contribution in [2.45, 2.75) is 18.7 Å². The molecule has 6 heteroatoms. The van der Waals surface area contributed by atoms with E-state index in [2.05, 4.69) is 16.7 Å². The Morgan fingerprint density at radius 2 is 1.69 bits per heavy atom. The van der Waals surface area contributed by atoms with E-state index in [4.69, 9.17) is 0 Å². The smallest absolute Gasteiger partial charge is 0.178 e. The van der Waals surface area contributed by atoms with Crippen molar-refractivity contribution in [3.63, 3.8) is 0 Å². The van der Waals surface area contributed by atoms with E-state index in [1.165, 1.54) is 6.07 Å². The predicted molar refractivity (Wildman–Crippen MR) is 104 cm³/mol. The second-order valence-corrected chi connectivity index (χ2v) is 8.80. The van der Waals surface area contributed by atoms with Crippen molar-refractivity contribution in [1.82, 2.24) is 4.90 Å². The molecule has 1 saturated heterocycles. The molecule has 26 heavy (non-hydrogen) atoms. The van der Waals surface area contributed by atoms with Crippen molar-refractivity contribution >= 4 is 15.5 Å². The molecule has 1 fully saturated rings. The van der Waals surface area contributed by atoms with Crippen LogP contribution in [0.4, 0.5) is 10.1 Å². The van der Waals surface area contributed by atoms with Crippen molar-refractivity contribution in [3.05, 3.63) is 47.8 Å². The standard InChI is InChI=1S/C20H25FN2O2S/c1-4-22-9-11-23(12-10-22)16-13-18(17-8-6-5-7-15(17)2)20(21)19(14-16)26(3,24)25/h5-8,13-14H,4,9-12H2,1-3H3. The third-order valence-corrected chi connectivity index (χ3v) is 6.14. The molecule has 140 valence electrons. The van der Waals surface area contributed by atoms with Crippen molar-refractivity contribution in [3.8, 4) is 11.1 Å². The Balaban J connectivity index is 2.12. The van der Waals surface area contributed by atoms with Gasteiger partial charge in [-0.1, -0.05) is 31.2 Å². The van der Waals surface area contributed by atoms with Crippen molar-refractivity contribution < 1.29 is 12.8 Å². The molecule has 2 aromatic rings. The van der Waals surface area contributed by atoms with Gasteiger partial charge in [0, 0.05) is 43.7 Å². The van der Waals surface area contributed by atoms with Gasteiger partial charge in [-0.15, -0.1) is 0 Å². The van der Waals surface area contributed by atoms with E-state index in [0.29, 0.717) is 5.56 Å². The molecule has 0 spiro atoms. The van der Waals surface area contributed by atoms with Crippen LogP contribution >= 0.6 is 0 Å². The molecular formula is C20H25FN2O2S. The van der Waals surface area contributed by atoms with Crippen molar-refractivity contribution in [2.24, 2.45) is 0 Å². The van der Waals surface area contributed by atoms with Gasteiger partial charge >= 0.3 is 0 Å². The molecule has 0 radical (unpaired) electrons. The molecule has 0 amide bonds. The van der Waals surface area contributed by atoms with E-state index in [1.54, 1.807) is 6.07 Å². The number of hydrogen-bond donors (Lipinski definition) is 0. The molecule has 1 aliphatic heterocycles. The lowest BCUT2D eigenvalue weighted by molar-refractivity contribution is 0.271. The summed E-state index contributed by atoms with van der Waals surface area (Å²) in [6, 6.07) is 10.7. The zero-order chi connectivity index (χ0) is 18.9. The van der Waals surface area contributed by atoms with Crippen LogP contribution in [0.2, 0.25) is 0 Å². The van der Waals surface area contributed by atoms with Crippen LogP contribution < -0.4 is 4.90 Å². The maximum Gasteiger partial charge on any atom is 0.178 e. The van der Waals surface area contributed by atoms with E-state index in [0.717, 1.165) is 55.8 Å². The summed E-state index contributed by atoms with van der Waals surface area (Å²) in [6.07, 6.45) is 1.06. The van der Waals surface area contributed by atoms with E-state index in [1.807, 2.05) is 31.2 Å². The topological polar surface area (TPSA) is 40.6 Å². The van der Waals surface area contributed by atoms with Crippen LogP contribution in [0.3, 0.4) is 0 Å². The summed E-state index contributed by atoms with van der Waals surface area (Å²) < 4.78 is 39.5. The van der Waals surface area contributed by atoms with Crippen LogP contribution in [0, 0.1) is 12.7 Å². The number of anilines is 1. The molecule has 1 heterocycles. The fraction of sp³-hybridized carbons (Fsp3) is 0.400. The van der Waals surface area contributed by atoms with Crippen molar-refractivity contribution in [1.29, 1.82) is 0 Å². The summed E-state index contributed by atoms with van der Waals surface area (Å²) in [5, 5.41) is 0. The Labute approximate surface area is 155 Å². The molecule has 4 nitrogen and oxygen atoms in total. The lowest BCUT2D eigenvalue weighted by Crippen LogP contribution is -2.46. The molecule has 1 aliphatic rings. The fourth-order valence-corrected chi connectivity index (χ4v) is 4.20. The maximum absolute atomic E-state index is 15.1. The van der Waals surface area contributed by atoms with Crippen LogP contribution in [0.5, 0.6) is 0 Å². The van der Waals surface area contributed by atoms with Gasteiger partial charge in [-0.05, 0) is 36.7 Å². The number of sulfone groups is 1. The van der Waals surface area contributed by atoms with Gasteiger partial charge in [-0.2, -0.15) is 0 Å². The number of piperazine rings is 1. The van der Waals surface area contributed by atoms with E-state index in [-0.39, 0.29) is 4.90 Å². The minimum Gasteiger partial charge on any atom is -0.369 e. The largest absolute Gasteiger partial charge is 0.369 e. The predicted octanol–water partition coefficient (Wildman–Crippen LogP) is 3.35. The molecule has 2 aromatic carbocycles. The lowest BCUT2D eigenvalue weighted by Gasteiger charge is -2.36. The SMILES string of the molecule is CCN1CCN(c2cc(-c3ccccc3C)c(F)c(S(C)(=O)=O)c2)CC1. The van der Waals surface area contributed by atoms with Crippen LogP contribution in [0.1, 0.15) is 12.5 Å². The highest BCUT2D eigenvalue weighted by Crippen LogP contribution is 2.34. The van der Waals surface area contributed by atoms with Gasteiger partial charge in [0.1, 0.15) is 10.7 Å². The first-order chi connectivity index (χ1) is 12.3. The zero-order valence-electron chi connectivity index (χ0n) is 15.5. The zero-order valence-corrected chi connectivity index (χ0v) is 16.3. The second kappa shape index (κ2) is 7.37. The molecule has 0 unspecified atom stereocenters. The van der Waals surface area contributed by atoms with Gasteiger partial charge in [-0.3, -0.25) is 0 Å². The highest BCUT2D eigenvalue weighted by molar-refractivity contribution is 7.90. The summed E-state index contributed by atoms with van der Waals surface area (Å²) in [4.78, 5) is 4.26. The number of halogens is 1. The minimum absolute atomic E-state index is 0.230. The molecule has 0 saturated carbocycles. The average molecular weight is 376 g/mol. The van der Waals surface area contributed by atoms with Crippen LogP contribution in [-0.2, 0) is 9.84 Å². The Morgan fingerprint density at radius 3 is 2.27 bits per heavy atom. The van der Waals surface area contributed by atoms with Gasteiger partial charge in [0.15, 0.2) is 9.84 Å². The molecular weight excluding hydrogens is 351 g/mol. The number of aryl methyl sites for hydroxylation is 1. The van der Waals surface area contributed by atoms with Crippen LogP contribution in [-0.4, -0.2) is 52.3 Å². The molecule has 0 N–H and O–H groups in total. The van der Waals surface area contributed by atoms with Gasteiger partial charge in [0.25, 0.3) is 0 Å². The molecule has 0 atom stereocenters. The van der Waals surface area contributed by atoms with Gasteiger partial charge in [0.05, 0.1) is 0 Å². The van der Waals surface area contributed by atoms with Gasteiger partial charge < -0.3 is 9.80 Å². The number of nitrogens with zero attached hydrogens (tertiary/aromatic N) is 2. The maximum atomic E-state index is 15.1. The summed E-state index contributed by atoms with van der Waals surface area (Å²) in [6.45, 7) is 8.48. The first-order valence-corrected chi connectivity index (χ1v) is 10.8. The average Bonchev–Trinajstić information content (AvgIpc) is 2.62. The summed E-state index contributed by atoms with van der Waals surface area (Å²) in [7, 11) is -3.67. The lowest BCUT2D eigenvalue weighted by atomic mass is 9.99. The summed E-state index contributed by atoms with van der Waals surface area (Å²) in [5.74, 6) is -0.669. The first-order valence-electron chi connectivity index (χ1n) is 8.88. The molecule has 0 aromatic heterocycles. The Morgan fingerprint density at radius 1 is 1.04 bits per heavy atom.